The summed E-state index contributed by atoms with van der Waals surface area (Å²) in [5.41, 5.74) is 5.86. The van der Waals surface area contributed by atoms with Gasteiger partial charge in [0.15, 0.2) is 0 Å². The first-order valence-electron chi connectivity index (χ1n) is 9.39. The first-order valence-corrected chi connectivity index (χ1v) is 11.0. The molecule has 5 heteroatoms. The van der Waals surface area contributed by atoms with E-state index in [0.29, 0.717) is 5.69 Å². The second-order valence-corrected chi connectivity index (χ2v) is 8.77. The highest BCUT2D eigenvalue weighted by molar-refractivity contribution is 9.10. The van der Waals surface area contributed by atoms with Crippen LogP contribution in [0.3, 0.4) is 0 Å². The van der Waals surface area contributed by atoms with Crippen molar-refractivity contribution in [1.82, 2.24) is 0 Å². The van der Waals surface area contributed by atoms with Gasteiger partial charge in [-0.25, -0.2) is 0 Å². The summed E-state index contributed by atoms with van der Waals surface area (Å²) >= 11 is 7.20. The minimum atomic E-state index is -0.417. The Bertz CT molecular complexity index is 1180. The zero-order chi connectivity index (χ0) is 21.7. The number of hydrogen-bond acceptors (Lipinski definition) is 2. The molecule has 3 aromatic rings. The van der Waals surface area contributed by atoms with Crippen molar-refractivity contribution in [2.75, 3.05) is 5.32 Å². The van der Waals surface area contributed by atoms with E-state index in [1.165, 1.54) is 5.56 Å². The first kappa shape index (κ1) is 22.0. The molecule has 30 heavy (non-hydrogen) atoms. The van der Waals surface area contributed by atoms with Gasteiger partial charge in [0.1, 0.15) is 11.6 Å². The summed E-state index contributed by atoms with van der Waals surface area (Å²) in [6, 6.07) is 21.8. The lowest BCUT2D eigenvalue weighted by molar-refractivity contribution is -0.112. The zero-order valence-electron chi connectivity index (χ0n) is 16.7. The Kier molecular flexibility index (Phi) is 7.25. The molecule has 0 saturated heterocycles. The monoisotopic (exact) mass is 522 g/mol. The van der Waals surface area contributed by atoms with Gasteiger partial charge in [-0.2, -0.15) is 5.26 Å². The number of carbonyl (C=O) groups is 1. The number of aryl methyl sites for hydroxylation is 2. The van der Waals surface area contributed by atoms with Crippen LogP contribution in [-0.4, -0.2) is 5.91 Å². The molecule has 0 unspecified atom stereocenters. The topological polar surface area (TPSA) is 52.9 Å². The van der Waals surface area contributed by atoms with Crippen molar-refractivity contribution in [2.24, 2.45) is 0 Å². The molecular weight excluding hydrogens is 504 g/mol. The molecule has 3 nitrogen and oxygen atoms in total. The van der Waals surface area contributed by atoms with Crippen molar-refractivity contribution in [1.29, 1.82) is 5.26 Å². The highest BCUT2D eigenvalue weighted by Crippen LogP contribution is 2.26. The van der Waals surface area contributed by atoms with Crippen LogP contribution in [0.1, 0.15) is 27.8 Å². The molecule has 0 atom stereocenters. The second-order valence-electron chi connectivity index (χ2n) is 7.06. The van der Waals surface area contributed by atoms with Gasteiger partial charge in [-0.3, -0.25) is 4.79 Å². The van der Waals surface area contributed by atoms with Gasteiger partial charge in [0.2, 0.25) is 0 Å². The van der Waals surface area contributed by atoms with E-state index < -0.39 is 5.91 Å². The third-order valence-corrected chi connectivity index (χ3v) is 6.25. The van der Waals surface area contributed by atoms with Crippen molar-refractivity contribution in [3.63, 3.8) is 0 Å². The SMILES string of the molecule is Cc1ccc(C)c(NC(=O)/C(C#N)=C/c2ccc(Cc3ccccc3Br)c(Br)c2)c1. The number of benzene rings is 3. The number of rotatable bonds is 5. The van der Waals surface area contributed by atoms with Crippen LogP contribution >= 0.6 is 31.9 Å². The highest BCUT2D eigenvalue weighted by Gasteiger charge is 2.12. The summed E-state index contributed by atoms with van der Waals surface area (Å²) in [5.74, 6) is -0.417. The average Bonchev–Trinajstić information content (AvgIpc) is 2.72. The quantitative estimate of drug-likeness (QED) is 0.290. The summed E-state index contributed by atoms with van der Waals surface area (Å²) in [4.78, 5) is 12.6. The number of halogens is 2. The lowest BCUT2D eigenvalue weighted by Gasteiger charge is -2.10. The standard InChI is InChI=1S/C25H20Br2N2O/c1-16-7-8-17(2)24(11-16)29-25(30)21(15-28)12-18-9-10-20(23(27)13-18)14-19-5-3-4-6-22(19)26/h3-13H,14H2,1-2H3,(H,29,30)/b21-12+. The predicted octanol–water partition coefficient (Wildman–Crippen LogP) is 6.96. The molecule has 0 aliphatic rings. The second kappa shape index (κ2) is 9.88. The van der Waals surface area contributed by atoms with E-state index in [1.54, 1.807) is 6.08 Å². The lowest BCUT2D eigenvalue weighted by atomic mass is 10.0. The fraction of sp³-hybridized carbons (Fsp3) is 0.120. The molecule has 0 fully saturated rings. The van der Waals surface area contributed by atoms with E-state index in [2.05, 4.69) is 43.2 Å². The number of nitrogens with one attached hydrogen (secondary N) is 1. The molecule has 3 aromatic carbocycles. The molecule has 0 spiro atoms. The van der Waals surface area contributed by atoms with Gasteiger partial charge in [0.25, 0.3) is 5.91 Å². The van der Waals surface area contributed by atoms with Crippen LogP contribution in [0.4, 0.5) is 5.69 Å². The van der Waals surface area contributed by atoms with E-state index in [1.807, 2.05) is 74.5 Å². The van der Waals surface area contributed by atoms with Gasteiger partial charge in [0, 0.05) is 14.6 Å². The molecule has 0 saturated carbocycles. The summed E-state index contributed by atoms with van der Waals surface area (Å²) in [6.07, 6.45) is 2.37. The number of anilines is 1. The molecule has 0 bridgehead atoms. The Morgan fingerprint density at radius 2 is 1.73 bits per heavy atom. The number of carbonyl (C=O) groups excluding carboxylic acids is 1. The molecule has 3 rings (SSSR count). The molecule has 0 radical (unpaired) electrons. The summed E-state index contributed by atoms with van der Waals surface area (Å²) in [5, 5.41) is 12.4. The summed E-state index contributed by atoms with van der Waals surface area (Å²) in [7, 11) is 0. The lowest BCUT2D eigenvalue weighted by Crippen LogP contribution is -2.14. The van der Waals surface area contributed by atoms with Crippen molar-refractivity contribution in [2.45, 2.75) is 20.3 Å². The van der Waals surface area contributed by atoms with E-state index >= 15 is 0 Å². The average molecular weight is 524 g/mol. The van der Waals surface area contributed by atoms with Gasteiger partial charge in [-0.1, -0.05) is 74.3 Å². The van der Waals surface area contributed by atoms with E-state index in [9.17, 15) is 10.1 Å². The zero-order valence-corrected chi connectivity index (χ0v) is 19.8. The first-order chi connectivity index (χ1) is 14.4. The fourth-order valence-corrected chi connectivity index (χ4v) is 3.98. The van der Waals surface area contributed by atoms with Crippen molar-refractivity contribution < 1.29 is 4.79 Å². The number of nitriles is 1. The Hall–Kier alpha value is -2.68. The number of amides is 1. The van der Waals surface area contributed by atoms with Crippen LogP contribution in [-0.2, 0) is 11.2 Å². The Balaban J connectivity index is 1.81. The summed E-state index contributed by atoms with van der Waals surface area (Å²) < 4.78 is 2.00. The third kappa shape index (κ3) is 5.47. The maximum Gasteiger partial charge on any atom is 0.266 e. The van der Waals surface area contributed by atoms with Crippen LogP contribution in [0, 0.1) is 25.2 Å². The summed E-state index contributed by atoms with van der Waals surface area (Å²) in [6.45, 7) is 3.88. The predicted molar refractivity (Wildman–Crippen MR) is 129 cm³/mol. The Morgan fingerprint density at radius 1 is 1.00 bits per heavy atom. The maximum atomic E-state index is 12.6. The number of hydrogen-bond donors (Lipinski definition) is 1. The van der Waals surface area contributed by atoms with Crippen LogP contribution in [0.15, 0.2) is 75.2 Å². The van der Waals surface area contributed by atoms with Gasteiger partial charge in [0.05, 0.1) is 0 Å². The molecule has 0 aliphatic heterocycles. The van der Waals surface area contributed by atoms with Crippen molar-refractivity contribution in [3.8, 4) is 6.07 Å². The fourth-order valence-electron chi connectivity index (χ4n) is 3.02. The smallest absolute Gasteiger partial charge is 0.266 e. The normalized spacial score (nSPS) is 11.1. The molecule has 0 heterocycles. The highest BCUT2D eigenvalue weighted by atomic mass is 79.9. The maximum absolute atomic E-state index is 12.6. The number of nitrogens with zero attached hydrogens (tertiary/aromatic N) is 1. The minimum Gasteiger partial charge on any atom is -0.321 e. The molecule has 150 valence electrons. The minimum absolute atomic E-state index is 0.0568. The van der Waals surface area contributed by atoms with Crippen molar-refractivity contribution >= 4 is 49.5 Å². The largest absolute Gasteiger partial charge is 0.321 e. The van der Waals surface area contributed by atoms with Crippen LogP contribution in [0.2, 0.25) is 0 Å². The molecule has 0 aromatic heterocycles. The van der Waals surface area contributed by atoms with Gasteiger partial charge >= 0.3 is 0 Å². The van der Waals surface area contributed by atoms with E-state index in [0.717, 1.165) is 37.6 Å². The third-order valence-electron chi connectivity index (χ3n) is 4.73. The molecule has 1 amide bonds. The Labute approximate surface area is 193 Å². The van der Waals surface area contributed by atoms with Crippen LogP contribution in [0.25, 0.3) is 6.08 Å². The Morgan fingerprint density at radius 3 is 2.43 bits per heavy atom. The molecular formula is C25H20Br2N2O. The molecule has 0 aliphatic carbocycles. The van der Waals surface area contributed by atoms with Gasteiger partial charge in [-0.05, 0) is 72.4 Å². The van der Waals surface area contributed by atoms with Gasteiger partial charge < -0.3 is 5.32 Å². The van der Waals surface area contributed by atoms with Gasteiger partial charge in [-0.15, -0.1) is 0 Å². The van der Waals surface area contributed by atoms with Crippen molar-refractivity contribution in [3.05, 3.63) is 103 Å². The molecule has 1 N–H and O–H groups in total. The van der Waals surface area contributed by atoms with Crippen LogP contribution < -0.4 is 5.32 Å². The van der Waals surface area contributed by atoms with E-state index in [4.69, 9.17) is 0 Å². The van der Waals surface area contributed by atoms with Crippen LogP contribution in [0.5, 0.6) is 0 Å². The van der Waals surface area contributed by atoms with E-state index in [-0.39, 0.29) is 5.57 Å².